The summed E-state index contributed by atoms with van der Waals surface area (Å²) >= 11 is 0. The number of nitrogens with zero attached hydrogens (tertiary/aromatic N) is 1. The van der Waals surface area contributed by atoms with E-state index in [4.69, 9.17) is 4.42 Å². The molecule has 112 valence electrons. The van der Waals surface area contributed by atoms with Gasteiger partial charge in [0.25, 0.3) is 0 Å². The van der Waals surface area contributed by atoms with Gasteiger partial charge in [0.1, 0.15) is 16.9 Å². The number of carboxylic acids is 1. The monoisotopic (exact) mass is 287 g/mol. The molecule has 1 aliphatic rings. The van der Waals surface area contributed by atoms with Crippen LogP contribution >= 0.6 is 0 Å². The van der Waals surface area contributed by atoms with Gasteiger partial charge in [-0.25, -0.2) is 4.79 Å². The Morgan fingerprint density at radius 2 is 1.95 bits per heavy atom. The third kappa shape index (κ3) is 2.56. The number of hydrogen-bond donors (Lipinski definition) is 1. The number of aromatic carboxylic acids is 1. The molecule has 0 aliphatic carbocycles. The van der Waals surface area contributed by atoms with Crippen molar-refractivity contribution >= 4 is 16.9 Å². The van der Waals surface area contributed by atoms with Gasteiger partial charge in [-0.3, -0.25) is 4.90 Å². The van der Waals surface area contributed by atoms with Crippen LogP contribution in [0.15, 0.2) is 28.7 Å². The van der Waals surface area contributed by atoms with Crippen molar-refractivity contribution in [2.45, 2.75) is 51.7 Å². The van der Waals surface area contributed by atoms with Crippen LogP contribution in [-0.4, -0.2) is 28.1 Å². The molecule has 4 heteroatoms. The number of piperidine rings is 1. The number of carbonyl (C=O) groups is 1. The topological polar surface area (TPSA) is 53.7 Å². The van der Waals surface area contributed by atoms with E-state index in [0.29, 0.717) is 40.9 Å². The van der Waals surface area contributed by atoms with Crippen LogP contribution in [0.4, 0.5) is 0 Å². The largest absolute Gasteiger partial charge is 0.478 e. The SMILES string of the molecule is C[C@@H]1CCC[C@H](C)N1Cc1oc2ccccc2c1C(=O)O. The van der Waals surface area contributed by atoms with Crippen LogP contribution in [0.1, 0.15) is 49.2 Å². The Labute approximate surface area is 124 Å². The van der Waals surface area contributed by atoms with Gasteiger partial charge in [0.15, 0.2) is 0 Å². The molecule has 0 radical (unpaired) electrons. The van der Waals surface area contributed by atoms with E-state index in [1.165, 1.54) is 6.42 Å². The van der Waals surface area contributed by atoms with E-state index in [9.17, 15) is 9.90 Å². The molecule has 2 aromatic rings. The number of carboxylic acid groups (broad SMARTS) is 1. The molecular weight excluding hydrogens is 266 g/mol. The highest BCUT2D eigenvalue weighted by Crippen LogP contribution is 2.30. The molecule has 0 spiro atoms. The maximum absolute atomic E-state index is 11.6. The maximum atomic E-state index is 11.6. The van der Waals surface area contributed by atoms with Crippen molar-refractivity contribution in [1.82, 2.24) is 4.90 Å². The number of rotatable bonds is 3. The second-order valence-electron chi connectivity index (χ2n) is 6.00. The Balaban J connectivity index is 2.00. The molecule has 21 heavy (non-hydrogen) atoms. The fourth-order valence-electron chi connectivity index (χ4n) is 3.39. The zero-order valence-corrected chi connectivity index (χ0v) is 12.5. The van der Waals surface area contributed by atoms with Crippen LogP contribution in [0.25, 0.3) is 11.0 Å². The van der Waals surface area contributed by atoms with Crippen molar-refractivity contribution in [1.29, 1.82) is 0 Å². The lowest BCUT2D eigenvalue weighted by atomic mass is 9.97. The van der Waals surface area contributed by atoms with Gasteiger partial charge in [-0.15, -0.1) is 0 Å². The molecule has 2 heterocycles. The molecule has 0 unspecified atom stereocenters. The molecule has 0 amide bonds. The zero-order chi connectivity index (χ0) is 15.0. The lowest BCUT2D eigenvalue weighted by molar-refractivity contribution is 0.0678. The molecule has 1 fully saturated rings. The molecular formula is C17H21NO3. The lowest BCUT2D eigenvalue weighted by Gasteiger charge is -2.38. The Morgan fingerprint density at radius 1 is 1.29 bits per heavy atom. The minimum atomic E-state index is -0.910. The van der Waals surface area contributed by atoms with Crippen molar-refractivity contribution in [3.8, 4) is 0 Å². The Morgan fingerprint density at radius 3 is 2.62 bits per heavy atom. The van der Waals surface area contributed by atoms with Gasteiger partial charge in [-0.1, -0.05) is 24.6 Å². The summed E-state index contributed by atoms with van der Waals surface area (Å²) in [6.45, 7) is 4.98. The van der Waals surface area contributed by atoms with E-state index in [1.54, 1.807) is 0 Å². The van der Waals surface area contributed by atoms with Crippen LogP contribution in [0.3, 0.4) is 0 Å². The Kier molecular flexibility index (Phi) is 3.72. The van der Waals surface area contributed by atoms with Gasteiger partial charge in [-0.05, 0) is 32.8 Å². The molecule has 0 bridgehead atoms. The van der Waals surface area contributed by atoms with E-state index in [0.717, 1.165) is 12.8 Å². The first kappa shape index (κ1) is 14.1. The van der Waals surface area contributed by atoms with Crippen molar-refractivity contribution in [2.75, 3.05) is 0 Å². The highest BCUT2D eigenvalue weighted by Gasteiger charge is 2.28. The van der Waals surface area contributed by atoms with Crippen molar-refractivity contribution in [2.24, 2.45) is 0 Å². The summed E-state index contributed by atoms with van der Waals surface area (Å²) in [5.74, 6) is -0.337. The first-order chi connectivity index (χ1) is 10.1. The first-order valence-electron chi connectivity index (χ1n) is 7.57. The standard InChI is InChI=1S/C17H21NO3/c1-11-6-5-7-12(2)18(11)10-15-16(17(19)20)13-8-3-4-9-14(13)21-15/h3-4,8-9,11-12H,5-7,10H2,1-2H3,(H,19,20)/t11-,12+. The molecule has 3 rings (SSSR count). The summed E-state index contributed by atoms with van der Waals surface area (Å²) in [5.41, 5.74) is 0.970. The van der Waals surface area contributed by atoms with Crippen molar-refractivity contribution < 1.29 is 14.3 Å². The van der Waals surface area contributed by atoms with Crippen LogP contribution < -0.4 is 0 Å². The summed E-state index contributed by atoms with van der Waals surface area (Å²) < 4.78 is 5.84. The van der Waals surface area contributed by atoms with E-state index in [-0.39, 0.29) is 0 Å². The normalized spacial score (nSPS) is 23.5. The average Bonchev–Trinajstić information content (AvgIpc) is 2.81. The highest BCUT2D eigenvalue weighted by molar-refractivity contribution is 6.03. The molecule has 1 aromatic carbocycles. The van der Waals surface area contributed by atoms with Gasteiger partial charge in [0, 0.05) is 17.5 Å². The van der Waals surface area contributed by atoms with Gasteiger partial charge in [0.05, 0.1) is 6.54 Å². The predicted octanol–water partition coefficient (Wildman–Crippen LogP) is 3.89. The number of para-hydroxylation sites is 1. The van der Waals surface area contributed by atoms with Crippen LogP contribution in [0.5, 0.6) is 0 Å². The molecule has 2 atom stereocenters. The fraction of sp³-hybridized carbons (Fsp3) is 0.471. The highest BCUT2D eigenvalue weighted by atomic mass is 16.4. The summed E-state index contributed by atoms with van der Waals surface area (Å²) in [6, 6.07) is 8.28. The molecule has 0 saturated carbocycles. The molecule has 4 nitrogen and oxygen atoms in total. The molecule has 1 saturated heterocycles. The minimum Gasteiger partial charge on any atom is -0.478 e. The van der Waals surface area contributed by atoms with E-state index >= 15 is 0 Å². The average molecular weight is 287 g/mol. The second-order valence-corrected chi connectivity index (χ2v) is 6.00. The van der Waals surface area contributed by atoms with E-state index in [1.807, 2.05) is 24.3 Å². The Hall–Kier alpha value is -1.81. The van der Waals surface area contributed by atoms with Gasteiger partial charge >= 0.3 is 5.97 Å². The quantitative estimate of drug-likeness (QED) is 0.930. The van der Waals surface area contributed by atoms with Crippen molar-refractivity contribution in [3.05, 3.63) is 35.6 Å². The smallest absolute Gasteiger partial charge is 0.339 e. The molecule has 1 aliphatic heterocycles. The summed E-state index contributed by atoms with van der Waals surface area (Å²) in [5, 5.41) is 10.2. The first-order valence-corrected chi connectivity index (χ1v) is 7.57. The zero-order valence-electron chi connectivity index (χ0n) is 12.5. The fourth-order valence-corrected chi connectivity index (χ4v) is 3.39. The van der Waals surface area contributed by atoms with E-state index < -0.39 is 5.97 Å². The minimum absolute atomic E-state index is 0.315. The molecule has 1 N–H and O–H groups in total. The van der Waals surface area contributed by atoms with Gasteiger partial charge in [-0.2, -0.15) is 0 Å². The van der Waals surface area contributed by atoms with Gasteiger partial charge in [0.2, 0.25) is 0 Å². The van der Waals surface area contributed by atoms with Crippen LogP contribution in [-0.2, 0) is 6.54 Å². The second kappa shape index (κ2) is 5.53. The van der Waals surface area contributed by atoms with Crippen molar-refractivity contribution in [3.63, 3.8) is 0 Å². The Bertz CT molecular complexity index is 651. The summed E-state index contributed by atoms with van der Waals surface area (Å²) in [7, 11) is 0. The summed E-state index contributed by atoms with van der Waals surface area (Å²) in [4.78, 5) is 14.0. The van der Waals surface area contributed by atoms with Gasteiger partial charge < -0.3 is 9.52 Å². The van der Waals surface area contributed by atoms with Crippen LogP contribution in [0, 0.1) is 0 Å². The number of fused-ring (bicyclic) bond motifs is 1. The number of benzene rings is 1. The molecule has 1 aromatic heterocycles. The predicted molar refractivity (Wildman–Crippen MR) is 81.5 cm³/mol. The van der Waals surface area contributed by atoms with Crippen LogP contribution in [0.2, 0.25) is 0 Å². The summed E-state index contributed by atoms with van der Waals surface area (Å²) in [6.07, 6.45) is 3.56. The third-order valence-corrected chi connectivity index (χ3v) is 4.58. The number of furan rings is 1. The number of hydrogen-bond acceptors (Lipinski definition) is 3. The number of likely N-dealkylation sites (tertiary alicyclic amines) is 1. The maximum Gasteiger partial charge on any atom is 0.339 e. The van der Waals surface area contributed by atoms with E-state index in [2.05, 4.69) is 18.7 Å². The third-order valence-electron chi connectivity index (χ3n) is 4.58. The lowest BCUT2D eigenvalue weighted by Crippen LogP contribution is -2.43.